The van der Waals surface area contributed by atoms with Crippen LogP contribution < -0.4 is 5.32 Å². The summed E-state index contributed by atoms with van der Waals surface area (Å²) in [6.07, 6.45) is 3.06. The number of carboxylic acids is 1. The van der Waals surface area contributed by atoms with E-state index in [1.165, 1.54) is 12.8 Å². The second-order valence-corrected chi connectivity index (χ2v) is 5.12. The first kappa shape index (κ1) is 12.4. The molecule has 2 rings (SSSR count). The van der Waals surface area contributed by atoms with Crippen LogP contribution in [0.25, 0.3) is 0 Å². The Hall–Kier alpha value is -1.10. The van der Waals surface area contributed by atoms with Crippen molar-refractivity contribution >= 4 is 11.9 Å². The summed E-state index contributed by atoms with van der Waals surface area (Å²) in [5, 5.41) is 11.7. The van der Waals surface area contributed by atoms with Gasteiger partial charge < -0.3 is 15.2 Å². The molecule has 1 saturated carbocycles. The smallest absolute Gasteiger partial charge is 0.332 e. The standard InChI is InChI=1S/C12H19NO4/c1-7(6-8-2-3-8)13-11(14)9-4-5-10(17-9)12(15)16/h7-10H,2-6H2,1H3,(H,13,14)(H,15,16). The van der Waals surface area contributed by atoms with Gasteiger partial charge in [0.2, 0.25) is 5.91 Å². The van der Waals surface area contributed by atoms with Gasteiger partial charge in [0.1, 0.15) is 6.10 Å². The second kappa shape index (κ2) is 5.04. The molecule has 0 aromatic rings. The molecule has 1 saturated heterocycles. The summed E-state index contributed by atoms with van der Waals surface area (Å²) in [6, 6.07) is 0.155. The molecule has 1 heterocycles. The van der Waals surface area contributed by atoms with Crippen molar-refractivity contribution in [2.75, 3.05) is 0 Å². The predicted molar refractivity (Wildman–Crippen MR) is 60.5 cm³/mol. The number of hydrogen-bond donors (Lipinski definition) is 2. The third kappa shape index (κ3) is 3.43. The van der Waals surface area contributed by atoms with E-state index in [1.54, 1.807) is 0 Å². The van der Waals surface area contributed by atoms with E-state index in [4.69, 9.17) is 9.84 Å². The minimum atomic E-state index is -0.980. The highest BCUT2D eigenvalue weighted by molar-refractivity contribution is 5.82. The van der Waals surface area contributed by atoms with E-state index in [-0.39, 0.29) is 11.9 Å². The molecule has 96 valence electrons. The first-order valence-corrected chi connectivity index (χ1v) is 6.25. The Kier molecular flexibility index (Phi) is 3.66. The van der Waals surface area contributed by atoms with E-state index in [0.717, 1.165) is 12.3 Å². The van der Waals surface area contributed by atoms with Gasteiger partial charge in [0, 0.05) is 6.04 Å². The van der Waals surface area contributed by atoms with Gasteiger partial charge in [-0.05, 0) is 32.1 Å². The Bertz CT molecular complexity index is 314. The van der Waals surface area contributed by atoms with Crippen LogP contribution in [0.2, 0.25) is 0 Å². The van der Waals surface area contributed by atoms with Crippen LogP contribution in [-0.2, 0) is 14.3 Å². The predicted octanol–water partition coefficient (Wildman–Crippen LogP) is 0.923. The van der Waals surface area contributed by atoms with Crippen LogP contribution in [0.5, 0.6) is 0 Å². The molecule has 0 aromatic carbocycles. The van der Waals surface area contributed by atoms with Crippen LogP contribution in [0, 0.1) is 5.92 Å². The van der Waals surface area contributed by atoms with Crippen LogP contribution >= 0.6 is 0 Å². The van der Waals surface area contributed by atoms with Gasteiger partial charge in [-0.3, -0.25) is 4.79 Å². The topological polar surface area (TPSA) is 75.6 Å². The summed E-state index contributed by atoms with van der Waals surface area (Å²) >= 11 is 0. The molecule has 2 fully saturated rings. The fourth-order valence-electron chi connectivity index (χ4n) is 2.26. The van der Waals surface area contributed by atoms with Crippen LogP contribution in [-0.4, -0.2) is 35.2 Å². The summed E-state index contributed by atoms with van der Waals surface area (Å²) in [4.78, 5) is 22.5. The third-order valence-electron chi connectivity index (χ3n) is 3.36. The van der Waals surface area contributed by atoms with Crippen molar-refractivity contribution < 1.29 is 19.4 Å². The number of amides is 1. The molecule has 5 nitrogen and oxygen atoms in total. The molecular formula is C12H19NO4. The van der Waals surface area contributed by atoms with Gasteiger partial charge in [-0.2, -0.15) is 0 Å². The molecule has 3 unspecified atom stereocenters. The SMILES string of the molecule is CC(CC1CC1)NC(=O)C1CCC(C(=O)O)O1. The summed E-state index contributed by atoms with van der Waals surface area (Å²) in [5.41, 5.74) is 0. The average molecular weight is 241 g/mol. The number of carboxylic acid groups (broad SMARTS) is 1. The molecule has 1 aliphatic heterocycles. The number of ether oxygens (including phenoxy) is 1. The lowest BCUT2D eigenvalue weighted by atomic mass is 10.1. The highest BCUT2D eigenvalue weighted by atomic mass is 16.5. The summed E-state index contributed by atoms with van der Waals surface area (Å²) in [5.74, 6) is -0.380. The van der Waals surface area contributed by atoms with Crippen molar-refractivity contribution in [2.45, 2.75) is 57.3 Å². The molecule has 2 N–H and O–H groups in total. The maximum Gasteiger partial charge on any atom is 0.332 e. The Morgan fingerprint density at radius 3 is 2.47 bits per heavy atom. The van der Waals surface area contributed by atoms with Crippen LogP contribution in [0.3, 0.4) is 0 Å². The molecule has 0 radical (unpaired) electrons. The Morgan fingerprint density at radius 2 is 1.94 bits per heavy atom. The van der Waals surface area contributed by atoms with Gasteiger partial charge in [0.05, 0.1) is 0 Å². The molecule has 3 atom stereocenters. The van der Waals surface area contributed by atoms with Gasteiger partial charge in [0.25, 0.3) is 0 Å². The van der Waals surface area contributed by atoms with Crippen molar-refractivity contribution in [3.8, 4) is 0 Å². The van der Waals surface area contributed by atoms with Crippen LogP contribution in [0.15, 0.2) is 0 Å². The van der Waals surface area contributed by atoms with E-state index >= 15 is 0 Å². The Balaban J connectivity index is 1.74. The largest absolute Gasteiger partial charge is 0.479 e. The van der Waals surface area contributed by atoms with Crippen LogP contribution in [0.1, 0.15) is 39.0 Å². The molecule has 1 aliphatic carbocycles. The normalized spacial score (nSPS) is 29.9. The summed E-state index contributed by atoms with van der Waals surface area (Å²) in [7, 11) is 0. The van der Waals surface area contributed by atoms with Gasteiger partial charge >= 0.3 is 5.97 Å². The quantitative estimate of drug-likeness (QED) is 0.750. The summed E-state index contributed by atoms with van der Waals surface area (Å²) < 4.78 is 5.19. The van der Waals surface area contributed by atoms with Gasteiger partial charge in [-0.15, -0.1) is 0 Å². The van der Waals surface area contributed by atoms with Crippen molar-refractivity contribution in [1.82, 2.24) is 5.32 Å². The highest BCUT2D eigenvalue weighted by Gasteiger charge is 2.35. The van der Waals surface area contributed by atoms with E-state index in [1.807, 2.05) is 6.92 Å². The zero-order chi connectivity index (χ0) is 12.4. The first-order chi connectivity index (χ1) is 8.06. The Labute approximate surface area is 101 Å². The first-order valence-electron chi connectivity index (χ1n) is 6.25. The molecule has 5 heteroatoms. The zero-order valence-corrected chi connectivity index (χ0v) is 10.0. The van der Waals surface area contributed by atoms with Crippen molar-refractivity contribution in [3.05, 3.63) is 0 Å². The van der Waals surface area contributed by atoms with E-state index in [9.17, 15) is 9.59 Å². The monoisotopic (exact) mass is 241 g/mol. The molecule has 2 aliphatic rings. The number of hydrogen-bond acceptors (Lipinski definition) is 3. The van der Waals surface area contributed by atoms with Gasteiger partial charge in [-0.1, -0.05) is 12.8 Å². The average Bonchev–Trinajstić information content (AvgIpc) is 2.92. The fraction of sp³-hybridized carbons (Fsp3) is 0.833. The van der Waals surface area contributed by atoms with Gasteiger partial charge in [-0.25, -0.2) is 4.79 Å². The lowest BCUT2D eigenvalue weighted by Gasteiger charge is -2.16. The molecule has 17 heavy (non-hydrogen) atoms. The van der Waals surface area contributed by atoms with Crippen LogP contribution in [0.4, 0.5) is 0 Å². The second-order valence-electron chi connectivity index (χ2n) is 5.12. The molecule has 0 aromatic heterocycles. The van der Waals surface area contributed by atoms with Crippen molar-refractivity contribution in [1.29, 1.82) is 0 Å². The number of rotatable bonds is 5. The molecule has 0 spiro atoms. The molecular weight excluding hydrogens is 222 g/mol. The molecule has 0 bridgehead atoms. The van der Waals surface area contributed by atoms with Gasteiger partial charge in [0.15, 0.2) is 6.10 Å². The number of carbonyl (C=O) groups excluding carboxylic acids is 1. The lowest BCUT2D eigenvalue weighted by molar-refractivity contribution is -0.151. The maximum absolute atomic E-state index is 11.8. The number of aliphatic carboxylic acids is 1. The van der Waals surface area contributed by atoms with E-state index in [2.05, 4.69) is 5.32 Å². The minimum Gasteiger partial charge on any atom is -0.479 e. The fourth-order valence-corrected chi connectivity index (χ4v) is 2.26. The summed E-state index contributed by atoms with van der Waals surface area (Å²) in [6.45, 7) is 1.99. The minimum absolute atomic E-state index is 0.155. The van der Waals surface area contributed by atoms with E-state index < -0.39 is 18.2 Å². The highest BCUT2D eigenvalue weighted by Crippen LogP contribution is 2.33. The maximum atomic E-state index is 11.8. The van der Waals surface area contributed by atoms with E-state index in [0.29, 0.717) is 12.8 Å². The number of nitrogens with one attached hydrogen (secondary N) is 1. The zero-order valence-electron chi connectivity index (χ0n) is 10.0. The molecule has 1 amide bonds. The van der Waals surface area contributed by atoms with Crippen molar-refractivity contribution in [3.63, 3.8) is 0 Å². The van der Waals surface area contributed by atoms with Crippen molar-refractivity contribution in [2.24, 2.45) is 5.92 Å². The third-order valence-corrected chi connectivity index (χ3v) is 3.36. The lowest BCUT2D eigenvalue weighted by Crippen LogP contribution is -2.40. The Morgan fingerprint density at radius 1 is 1.29 bits per heavy atom. The number of carbonyl (C=O) groups is 2.